The molecule has 1 atom stereocenters. The number of aromatic amines is 1. The van der Waals surface area contributed by atoms with E-state index in [1.165, 1.54) is 29.7 Å². The first kappa shape index (κ1) is 10.6. The van der Waals surface area contributed by atoms with Gasteiger partial charge in [0.15, 0.2) is 0 Å². The van der Waals surface area contributed by atoms with Crippen LogP contribution >= 0.6 is 0 Å². The molecule has 4 nitrogen and oxygen atoms in total. The molecule has 0 bridgehead atoms. The number of hydrogen-bond donors (Lipinski definition) is 2. The Bertz CT molecular complexity index is 504. The van der Waals surface area contributed by atoms with Crippen LogP contribution in [0.1, 0.15) is 30.3 Å². The number of rotatable bonds is 2. The SMILES string of the molecule is Cc1nn(C)c(C2CCCN2)c1-c1cc[nH]c1. The molecular formula is C13H18N4. The molecule has 0 saturated carbocycles. The molecule has 4 heteroatoms. The first-order valence-electron chi connectivity index (χ1n) is 6.17. The highest BCUT2D eigenvalue weighted by atomic mass is 15.3. The van der Waals surface area contributed by atoms with Crippen LogP contribution in [0.4, 0.5) is 0 Å². The highest BCUT2D eigenvalue weighted by Crippen LogP contribution is 2.34. The van der Waals surface area contributed by atoms with E-state index in [4.69, 9.17) is 0 Å². The highest BCUT2D eigenvalue weighted by molar-refractivity contribution is 5.68. The van der Waals surface area contributed by atoms with Gasteiger partial charge in [-0.25, -0.2) is 0 Å². The number of hydrogen-bond acceptors (Lipinski definition) is 2. The van der Waals surface area contributed by atoms with Crippen molar-refractivity contribution >= 4 is 0 Å². The van der Waals surface area contributed by atoms with E-state index in [0.717, 1.165) is 12.2 Å². The molecule has 2 aromatic rings. The van der Waals surface area contributed by atoms with E-state index >= 15 is 0 Å². The van der Waals surface area contributed by atoms with E-state index in [1.807, 2.05) is 24.1 Å². The number of nitrogens with one attached hydrogen (secondary N) is 2. The van der Waals surface area contributed by atoms with Crippen molar-refractivity contribution in [3.05, 3.63) is 29.8 Å². The van der Waals surface area contributed by atoms with Crippen molar-refractivity contribution in [1.82, 2.24) is 20.1 Å². The highest BCUT2D eigenvalue weighted by Gasteiger charge is 2.25. The fraction of sp³-hybridized carbons (Fsp3) is 0.462. The lowest BCUT2D eigenvalue weighted by molar-refractivity contribution is 0.574. The minimum atomic E-state index is 0.450. The van der Waals surface area contributed by atoms with Gasteiger partial charge >= 0.3 is 0 Å². The minimum Gasteiger partial charge on any atom is -0.367 e. The second kappa shape index (κ2) is 4.04. The Labute approximate surface area is 101 Å². The van der Waals surface area contributed by atoms with Gasteiger partial charge in [-0.1, -0.05) is 0 Å². The van der Waals surface area contributed by atoms with Crippen molar-refractivity contribution in [2.24, 2.45) is 7.05 Å². The monoisotopic (exact) mass is 230 g/mol. The first-order valence-corrected chi connectivity index (χ1v) is 6.17. The van der Waals surface area contributed by atoms with Crippen molar-refractivity contribution in [2.75, 3.05) is 6.54 Å². The summed E-state index contributed by atoms with van der Waals surface area (Å²) in [5, 5.41) is 8.13. The summed E-state index contributed by atoms with van der Waals surface area (Å²) in [4.78, 5) is 3.13. The molecule has 1 aliphatic rings. The standard InChI is InChI=1S/C13H18N4/c1-9-12(10-5-7-14-8-10)13(17(2)16-9)11-4-3-6-15-11/h5,7-8,11,14-15H,3-4,6H2,1-2H3. The summed E-state index contributed by atoms with van der Waals surface area (Å²) in [6, 6.07) is 2.56. The molecule has 2 N–H and O–H groups in total. The molecule has 0 amide bonds. The molecular weight excluding hydrogens is 212 g/mol. The van der Waals surface area contributed by atoms with Crippen molar-refractivity contribution in [1.29, 1.82) is 0 Å². The molecule has 1 saturated heterocycles. The fourth-order valence-electron chi connectivity index (χ4n) is 2.83. The molecule has 90 valence electrons. The molecule has 0 radical (unpaired) electrons. The van der Waals surface area contributed by atoms with Gasteiger partial charge in [-0.2, -0.15) is 5.10 Å². The van der Waals surface area contributed by atoms with E-state index in [2.05, 4.69) is 28.4 Å². The van der Waals surface area contributed by atoms with Crippen LogP contribution in [0.2, 0.25) is 0 Å². The van der Waals surface area contributed by atoms with Crippen molar-refractivity contribution < 1.29 is 0 Å². The van der Waals surface area contributed by atoms with E-state index in [1.54, 1.807) is 0 Å². The Balaban J connectivity index is 2.13. The Morgan fingerprint density at radius 2 is 2.35 bits per heavy atom. The minimum absolute atomic E-state index is 0.450. The average Bonchev–Trinajstić information content (AvgIpc) is 2.98. The third-order valence-electron chi connectivity index (χ3n) is 3.54. The van der Waals surface area contributed by atoms with Crippen LogP contribution in [-0.4, -0.2) is 21.3 Å². The number of aromatic nitrogens is 3. The largest absolute Gasteiger partial charge is 0.367 e. The summed E-state index contributed by atoms with van der Waals surface area (Å²) in [5.74, 6) is 0. The topological polar surface area (TPSA) is 45.6 Å². The molecule has 3 rings (SSSR count). The predicted octanol–water partition coefficient (Wildman–Crippen LogP) is 2.15. The smallest absolute Gasteiger partial charge is 0.0676 e. The maximum atomic E-state index is 4.57. The van der Waals surface area contributed by atoms with Gasteiger partial charge in [0, 0.05) is 36.6 Å². The summed E-state index contributed by atoms with van der Waals surface area (Å²) < 4.78 is 2.03. The number of nitrogens with zero attached hydrogens (tertiary/aromatic N) is 2. The normalized spacial score (nSPS) is 20.0. The maximum Gasteiger partial charge on any atom is 0.0676 e. The van der Waals surface area contributed by atoms with Crippen molar-refractivity contribution in [3.8, 4) is 11.1 Å². The van der Waals surface area contributed by atoms with Gasteiger partial charge in [-0.15, -0.1) is 0 Å². The molecule has 0 spiro atoms. The molecule has 0 aliphatic carbocycles. The van der Waals surface area contributed by atoms with Gasteiger partial charge in [0.25, 0.3) is 0 Å². The van der Waals surface area contributed by atoms with Gasteiger partial charge in [0.05, 0.1) is 11.4 Å². The second-order valence-electron chi connectivity index (χ2n) is 4.72. The van der Waals surface area contributed by atoms with Crippen LogP contribution in [0, 0.1) is 6.92 Å². The number of H-pyrrole nitrogens is 1. The van der Waals surface area contributed by atoms with Gasteiger partial charge in [-0.05, 0) is 32.4 Å². The van der Waals surface area contributed by atoms with Gasteiger partial charge in [-0.3, -0.25) is 4.68 Å². The Kier molecular flexibility index (Phi) is 2.52. The van der Waals surface area contributed by atoms with Crippen molar-refractivity contribution in [3.63, 3.8) is 0 Å². The average molecular weight is 230 g/mol. The first-order chi connectivity index (χ1) is 8.27. The zero-order valence-corrected chi connectivity index (χ0v) is 10.3. The lowest BCUT2D eigenvalue weighted by Crippen LogP contribution is -2.17. The molecule has 2 aromatic heterocycles. The van der Waals surface area contributed by atoms with Crippen LogP contribution in [0.15, 0.2) is 18.5 Å². The fourth-order valence-corrected chi connectivity index (χ4v) is 2.83. The van der Waals surface area contributed by atoms with Gasteiger partial charge < -0.3 is 10.3 Å². The molecule has 1 unspecified atom stereocenters. The van der Waals surface area contributed by atoms with Crippen LogP contribution in [-0.2, 0) is 7.05 Å². The van der Waals surface area contributed by atoms with Gasteiger partial charge in [0.1, 0.15) is 0 Å². The van der Waals surface area contributed by atoms with E-state index in [-0.39, 0.29) is 0 Å². The summed E-state index contributed by atoms with van der Waals surface area (Å²) in [5.41, 5.74) is 4.95. The third kappa shape index (κ3) is 1.69. The third-order valence-corrected chi connectivity index (χ3v) is 3.54. The summed E-state index contributed by atoms with van der Waals surface area (Å²) in [6.45, 7) is 3.20. The summed E-state index contributed by atoms with van der Waals surface area (Å²) >= 11 is 0. The van der Waals surface area contributed by atoms with Crippen molar-refractivity contribution in [2.45, 2.75) is 25.8 Å². The predicted molar refractivity (Wildman–Crippen MR) is 67.7 cm³/mol. The van der Waals surface area contributed by atoms with Gasteiger partial charge in [0.2, 0.25) is 0 Å². The van der Waals surface area contributed by atoms with Crippen LogP contribution in [0.25, 0.3) is 11.1 Å². The molecule has 1 aliphatic heterocycles. The molecule has 3 heterocycles. The Hall–Kier alpha value is -1.55. The van der Waals surface area contributed by atoms with E-state index < -0.39 is 0 Å². The summed E-state index contributed by atoms with van der Waals surface area (Å²) in [6.07, 6.45) is 6.47. The summed E-state index contributed by atoms with van der Waals surface area (Å²) in [7, 11) is 2.04. The number of aryl methyl sites for hydroxylation is 2. The molecule has 0 aromatic carbocycles. The molecule has 1 fully saturated rings. The quantitative estimate of drug-likeness (QED) is 0.830. The van der Waals surface area contributed by atoms with Crippen LogP contribution < -0.4 is 5.32 Å². The Morgan fingerprint density at radius 3 is 3.00 bits per heavy atom. The Morgan fingerprint density at radius 1 is 1.47 bits per heavy atom. The zero-order chi connectivity index (χ0) is 11.8. The van der Waals surface area contributed by atoms with E-state index in [9.17, 15) is 0 Å². The second-order valence-corrected chi connectivity index (χ2v) is 4.72. The van der Waals surface area contributed by atoms with Crippen LogP contribution in [0.5, 0.6) is 0 Å². The van der Waals surface area contributed by atoms with Crippen LogP contribution in [0.3, 0.4) is 0 Å². The molecule has 17 heavy (non-hydrogen) atoms. The lowest BCUT2D eigenvalue weighted by atomic mass is 10.0. The lowest BCUT2D eigenvalue weighted by Gasteiger charge is -2.13. The van der Waals surface area contributed by atoms with E-state index in [0.29, 0.717) is 6.04 Å². The maximum absolute atomic E-state index is 4.57. The zero-order valence-electron chi connectivity index (χ0n) is 10.3.